The molecule has 4 nitrogen and oxygen atoms in total. The van der Waals surface area contributed by atoms with Crippen LogP contribution in [0.15, 0.2) is 0 Å². The van der Waals surface area contributed by atoms with Gasteiger partial charge in [0, 0.05) is 19.1 Å². The summed E-state index contributed by atoms with van der Waals surface area (Å²) in [6.07, 6.45) is 3.49. The van der Waals surface area contributed by atoms with Crippen molar-refractivity contribution in [2.24, 2.45) is 17.3 Å². The van der Waals surface area contributed by atoms with Gasteiger partial charge >= 0.3 is 6.09 Å². The Kier molecular flexibility index (Phi) is 6.72. The smallest absolute Gasteiger partial charge is 0.407 e. The molecule has 2 unspecified atom stereocenters. The minimum Gasteiger partial charge on any atom is -0.444 e. The second-order valence-corrected chi connectivity index (χ2v) is 8.90. The molecule has 2 N–H and O–H groups in total. The van der Waals surface area contributed by atoms with Crippen LogP contribution in [0.3, 0.4) is 0 Å². The van der Waals surface area contributed by atoms with Gasteiger partial charge in [0.25, 0.3) is 0 Å². The topological polar surface area (TPSA) is 50.4 Å². The summed E-state index contributed by atoms with van der Waals surface area (Å²) in [4.78, 5) is 11.8. The maximum Gasteiger partial charge on any atom is 0.407 e. The lowest BCUT2D eigenvalue weighted by Gasteiger charge is -2.26. The fourth-order valence-electron chi connectivity index (χ4n) is 3.00. The summed E-state index contributed by atoms with van der Waals surface area (Å²) in [5.41, 5.74) is 0.0326. The summed E-state index contributed by atoms with van der Waals surface area (Å²) >= 11 is 0. The molecule has 0 aromatic rings. The van der Waals surface area contributed by atoms with E-state index in [2.05, 4.69) is 38.3 Å². The second kappa shape index (κ2) is 7.67. The molecule has 1 rings (SSSR count). The minimum absolute atomic E-state index is 0.319. The highest BCUT2D eigenvalue weighted by atomic mass is 16.6. The Morgan fingerprint density at radius 3 is 2.36 bits per heavy atom. The quantitative estimate of drug-likeness (QED) is 0.780. The number of rotatable bonds is 6. The van der Waals surface area contributed by atoms with Crippen molar-refractivity contribution in [1.29, 1.82) is 0 Å². The molecule has 0 saturated heterocycles. The average Bonchev–Trinajstić information content (AvgIpc) is 2.66. The number of hydrogen-bond acceptors (Lipinski definition) is 3. The zero-order valence-electron chi connectivity index (χ0n) is 15.6. The monoisotopic (exact) mass is 312 g/mol. The molecule has 2 atom stereocenters. The molecule has 130 valence electrons. The van der Waals surface area contributed by atoms with Gasteiger partial charge in [0.2, 0.25) is 0 Å². The standard InChI is InChI=1S/C18H36N2O2/c1-13(2)14(12-20-16(21)22-17(3,4)5)11-19-15-8-9-18(6,7)10-15/h13-15,19H,8-12H2,1-7H3,(H,20,21). The first kappa shape index (κ1) is 19.3. The Labute approximate surface area is 136 Å². The van der Waals surface area contributed by atoms with Crippen LogP contribution in [0.4, 0.5) is 4.79 Å². The molecule has 0 aromatic heterocycles. The fourth-order valence-corrected chi connectivity index (χ4v) is 3.00. The Hall–Kier alpha value is -0.770. The van der Waals surface area contributed by atoms with Gasteiger partial charge < -0.3 is 15.4 Å². The van der Waals surface area contributed by atoms with Crippen LogP contribution in [0, 0.1) is 17.3 Å². The van der Waals surface area contributed by atoms with Crippen molar-refractivity contribution in [3.63, 3.8) is 0 Å². The summed E-state index contributed by atoms with van der Waals surface area (Å²) < 4.78 is 5.30. The number of alkyl carbamates (subject to hydrolysis) is 1. The van der Waals surface area contributed by atoms with Gasteiger partial charge in [0.1, 0.15) is 5.60 Å². The number of carbonyl (C=O) groups is 1. The Morgan fingerprint density at radius 1 is 1.27 bits per heavy atom. The first-order valence-electron chi connectivity index (χ1n) is 8.69. The summed E-state index contributed by atoms with van der Waals surface area (Å²) in [6, 6.07) is 0.623. The van der Waals surface area contributed by atoms with Gasteiger partial charge in [-0.05, 0) is 57.3 Å². The molecule has 4 heteroatoms. The van der Waals surface area contributed by atoms with E-state index in [9.17, 15) is 4.79 Å². The van der Waals surface area contributed by atoms with Gasteiger partial charge in [-0.25, -0.2) is 4.79 Å². The van der Waals surface area contributed by atoms with Crippen LogP contribution in [0.1, 0.15) is 67.7 Å². The van der Waals surface area contributed by atoms with Gasteiger partial charge in [-0.1, -0.05) is 27.7 Å². The van der Waals surface area contributed by atoms with Gasteiger partial charge in [-0.15, -0.1) is 0 Å². The van der Waals surface area contributed by atoms with Crippen LogP contribution in [0.25, 0.3) is 0 Å². The SMILES string of the molecule is CC(C)C(CNC(=O)OC(C)(C)C)CNC1CCC(C)(C)C1. The maximum atomic E-state index is 11.8. The third kappa shape index (κ3) is 7.48. The van der Waals surface area contributed by atoms with Gasteiger partial charge in [-0.2, -0.15) is 0 Å². The van der Waals surface area contributed by atoms with E-state index in [4.69, 9.17) is 4.74 Å². The van der Waals surface area contributed by atoms with E-state index in [1.807, 2.05) is 20.8 Å². The Morgan fingerprint density at radius 2 is 1.91 bits per heavy atom. The molecule has 0 heterocycles. The molecule has 1 fully saturated rings. The van der Waals surface area contributed by atoms with E-state index in [1.54, 1.807) is 0 Å². The number of ether oxygens (including phenoxy) is 1. The molecule has 1 aliphatic carbocycles. The highest BCUT2D eigenvalue weighted by Gasteiger charge is 2.31. The summed E-state index contributed by atoms with van der Waals surface area (Å²) in [7, 11) is 0. The van der Waals surface area contributed by atoms with E-state index in [1.165, 1.54) is 19.3 Å². The van der Waals surface area contributed by atoms with Crippen molar-refractivity contribution in [2.75, 3.05) is 13.1 Å². The van der Waals surface area contributed by atoms with E-state index < -0.39 is 5.60 Å². The lowest BCUT2D eigenvalue weighted by molar-refractivity contribution is 0.0514. The molecule has 0 aliphatic heterocycles. The van der Waals surface area contributed by atoms with E-state index in [0.29, 0.717) is 29.8 Å². The van der Waals surface area contributed by atoms with Crippen LogP contribution in [0.2, 0.25) is 0 Å². The molecule has 22 heavy (non-hydrogen) atoms. The molecule has 0 spiro atoms. The number of hydrogen-bond donors (Lipinski definition) is 2. The summed E-state index contributed by atoms with van der Waals surface area (Å²) in [6.45, 7) is 16.4. The van der Waals surface area contributed by atoms with Gasteiger partial charge in [0.05, 0.1) is 0 Å². The first-order valence-corrected chi connectivity index (χ1v) is 8.69. The predicted octanol–water partition coefficient (Wildman–Crippen LogP) is 3.95. The molecular formula is C18H36N2O2. The fraction of sp³-hybridized carbons (Fsp3) is 0.944. The highest BCUT2D eigenvalue weighted by Crippen LogP contribution is 2.36. The number of nitrogens with one attached hydrogen (secondary N) is 2. The number of carbonyl (C=O) groups excluding carboxylic acids is 1. The zero-order valence-corrected chi connectivity index (χ0v) is 15.6. The zero-order chi connectivity index (χ0) is 17.0. The van der Waals surface area contributed by atoms with Crippen LogP contribution >= 0.6 is 0 Å². The van der Waals surface area contributed by atoms with Crippen LogP contribution in [-0.2, 0) is 4.74 Å². The number of amides is 1. The third-order valence-electron chi connectivity index (χ3n) is 4.49. The molecule has 1 aliphatic rings. The highest BCUT2D eigenvalue weighted by molar-refractivity contribution is 5.67. The van der Waals surface area contributed by atoms with Crippen molar-refractivity contribution in [1.82, 2.24) is 10.6 Å². The van der Waals surface area contributed by atoms with E-state index in [-0.39, 0.29) is 6.09 Å². The second-order valence-electron chi connectivity index (χ2n) is 8.90. The normalized spacial score (nSPS) is 22.6. The molecule has 1 saturated carbocycles. The lowest BCUT2D eigenvalue weighted by atomic mass is 9.91. The van der Waals surface area contributed by atoms with Crippen LogP contribution in [-0.4, -0.2) is 30.8 Å². The van der Waals surface area contributed by atoms with Crippen molar-refractivity contribution >= 4 is 6.09 Å². The molecule has 0 bridgehead atoms. The van der Waals surface area contributed by atoms with Gasteiger partial charge in [-0.3, -0.25) is 0 Å². The third-order valence-corrected chi connectivity index (χ3v) is 4.49. The average molecular weight is 312 g/mol. The minimum atomic E-state index is -0.439. The van der Waals surface area contributed by atoms with Gasteiger partial charge in [0.15, 0.2) is 0 Å². The molecular weight excluding hydrogens is 276 g/mol. The lowest BCUT2D eigenvalue weighted by Crippen LogP contribution is -2.41. The molecule has 0 aromatic carbocycles. The first-order chi connectivity index (χ1) is 9.98. The maximum absolute atomic E-state index is 11.8. The Bertz CT molecular complexity index is 359. The van der Waals surface area contributed by atoms with E-state index >= 15 is 0 Å². The van der Waals surface area contributed by atoms with Crippen molar-refractivity contribution < 1.29 is 9.53 Å². The van der Waals surface area contributed by atoms with Crippen molar-refractivity contribution in [3.05, 3.63) is 0 Å². The molecule has 1 amide bonds. The van der Waals surface area contributed by atoms with Crippen LogP contribution < -0.4 is 10.6 Å². The largest absolute Gasteiger partial charge is 0.444 e. The van der Waals surface area contributed by atoms with Crippen molar-refractivity contribution in [3.8, 4) is 0 Å². The summed E-state index contributed by atoms with van der Waals surface area (Å²) in [5, 5.41) is 6.61. The predicted molar refractivity (Wildman–Crippen MR) is 92.0 cm³/mol. The summed E-state index contributed by atoms with van der Waals surface area (Å²) in [5.74, 6) is 0.952. The van der Waals surface area contributed by atoms with Crippen LogP contribution in [0.5, 0.6) is 0 Å². The van der Waals surface area contributed by atoms with E-state index in [0.717, 1.165) is 6.54 Å². The Balaban J connectivity index is 2.35. The molecule has 0 radical (unpaired) electrons. The van der Waals surface area contributed by atoms with Crippen molar-refractivity contribution in [2.45, 2.75) is 79.4 Å².